The summed E-state index contributed by atoms with van der Waals surface area (Å²) >= 11 is 0. The highest BCUT2D eigenvalue weighted by atomic mass is 32.2. The highest BCUT2D eigenvalue weighted by Gasteiger charge is 2.14. The van der Waals surface area contributed by atoms with Crippen molar-refractivity contribution in [1.82, 2.24) is 5.43 Å². The number of hydrazone groups is 1. The monoisotopic (exact) mass is 411 g/mol. The first-order valence-electron chi connectivity index (χ1n) is 8.62. The van der Waals surface area contributed by atoms with Gasteiger partial charge in [-0.25, -0.2) is 18.2 Å². The number of benzene rings is 3. The van der Waals surface area contributed by atoms with E-state index in [2.05, 4.69) is 15.2 Å². The fourth-order valence-corrected chi connectivity index (χ4v) is 3.46. The molecule has 0 aliphatic carbocycles. The fourth-order valence-electron chi connectivity index (χ4n) is 2.40. The van der Waals surface area contributed by atoms with Gasteiger partial charge < -0.3 is 0 Å². The number of nitrogens with zero attached hydrogens (tertiary/aromatic N) is 1. The van der Waals surface area contributed by atoms with Gasteiger partial charge in [-0.15, -0.1) is 0 Å². The van der Waals surface area contributed by atoms with E-state index in [1.165, 1.54) is 66.9 Å². The van der Waals surface area contributed by atoms with Gasteiger partial charge in [-0.3, -0.25) is 9.52 Å². The van der Waals surface area contributed by atoms with Crippen LogP contribution in [-0.2, 0) is 10.0 Å². The van der Waals surface area contributed by atoms with Crippen molar-refractivity contribution >= 4 is 27.8 Å². The zero-order chi connectivity index (χ0) is 20.9. The molecular weight excluding hydrogens is 393 g/mol. The Bertz CT molecular complexity index is 1130. The van der Waals surface area contributed by atoms with Crippen LogP contribution in [0.5, 0.6) is 0 Å². The smallest absolute Gasteiger partial charge is 0.271 e. The number of carbonyl (C=O) groups is 1. The molecule has 0 aromatic heterocycles. The number of anilines is 1. The Morgan fingerprint density at radius 3 is 2.17 bits per heavy atom. The summed E-state index contributed by atoms with van der Waals surface area (Å²) in [5.74, 6) is -0.819. The Morgan fingerprint density at radius 1 is 0.931 bits per heavy atom. The molecule has 3 aromatic carbocycles. The van der Waals surface area contributed by atoms with E-state index in [9.17, 15) is 17.6 Å². The maximum Gasteiger partial charge on any atom is 0.271 e. The van der Waals surface area contributed by atoms with Crippen molar-refractivity contribution in [2.24, 2.45) is 5.10 Å². The molecule has 0 radical (unpaired) electrons. The van der Waals surface area contributed by atoms with Gasteiger partial charge in [0.25, 0.3) is 15.9 Å². The van der Waals surface area contributed by atoms with Crippen LogP contribution < -0.4 is 10.1 Å². The molecule has 0 unspecified atom stereocenters. The Hall–Kier alpha value is -3.52. The molecule has 0 saturated heterocycles. The summed E-state index contributed by atoms with van der Waals surface area (Å²) in [6.45, 7) is 1.87. The first kappa shape index (κ1) is 20.2. The highest BCUT2D eigenvalue weighted by Crippen LogP contribution is 2.17. The molecular formula is C21H18FN3O3S. The second-order valence-electron chi connectivity index (χ2n) is 6.25. The van der Waals surface area contributed by atoms with Crippen molar-refractivity contribution in [3.05, 3.63) is 95.3 Å². The summed E-state index contributed by atoms with van der Waals surface area (Å²) in [6.07, 6.45) is 1.39. The minimum atomic E-state index is -3.71. The van der Waals surface area contributed by atoms with Crippen LogP contribution in [0.2, 0.25) is 0 Å². The molecule has 29 heavy (non-hydrogen) atoms. The van der Waals surface area contributed by atoms with E-state index < -0.39 is 15.9 Å². The number of nitrogens with one attached hydrogen (secondary N) is 2. The minimum Gasteiger partial charge on any atom is -0.280 e. The summed E-state index contributed by atoms with van der Waals surface area (Å²) in [6, 6.07) is 18.1. The third kappa shape index (κ3) is 5.49. The maximum absolute atomic E-state index is 12.8. The van der Waals surface area contributed by atoms with E-state index in [1.807, 2.05) is 6.92 Å². The molecule has 6 nitrogen and oxygen atoms in total. The molecule has 1 amide bonds. The van der Waals surface area contributed by atoms with Gasteiger partial charge in [-0.2, -0.15) is 5.10 Å². The zero-order valence-corrected chi connectivity index (χ0v) is 16.3. The molecule has 8 heteroatoms. The lowest BCUT2D eigenvalue weighted by molar-refractivity contribution is 0.0955. The predicted octanol–water partition coefficient (Wildman–Crippen LogP) is 3.70. The van der Waals surface area contributed by atoms with Gasteiger partial charge in [0.15, 0.2) is 0 Å². The third-order valence-corrected chi connectivity index (χ3v) is 5.38. The van der Waals surface area contributed by atoms with E-state index in [1.54, 1.807) is 12.1 Å². The molecule has 0 bridgehead atoms. The average Bonchev–Trinajstić information content (AvgIpc) is 2.70. The predicted molar refractivity (Wildman–Crippen MR) is 110 cm³/mol. The van der Waals surface area contributed by atoms with Gasteiger partial charge in [0, 0.05) is 11.3 Å². The molecule has 0 atom stereocenters. The Morgan fingerprint density at radius 2 is 1.55 bits per heavy atom. The Balaban J connectivity index is 1.62. The Kier molecular flexibility index (Phi) is 6.04. The summed E-state index contributed by atoms with van der Waals surface area (Å²) < 4.78 is 40.1. The van der Waals surface area contributed by atoms with Crippen LogP contribution in [0.25, 0.3) is 0 Å². The van der Waals surface area contributed by atoms with E-state index in [0.29, 0.717) is 16.8 Å². The first-order chi connectivity index (χ1) is 13.8. The fraction of sp³-hybridized carbons (Fsp3) is 0.0476. The number of sulfonamides is 1. The van der Waals surface area contributed by atoms with E-state index in [0.717, 1.165) is 5.56 Å². The van der Waals surface area contributed by atoms with Gasteiger partial charge in [0.1, 0.15) is 5.82 Å². The third-order valence-electron chi connectivity index (χ3n) is 3.98. The van der Waals surface area contributed by atoms with Gasteiger partial charge >= 0.3 is 0 Å². The lowest BCUT2D eigenvalue weighted by Crippen LogP contribution is -2.18. The van der Waals surface area contributed by atoms with Crippen molar-refractivity contribution in [3.63, 3.8) is 0 Å². The zero-order valence-electron chi connectivity index (χ0n) is 15.5. The van der Waals surface area contributed by atoms with Crippen molar-refractivity contribution in [3.8, 4) is 0 Å². The highest BCUT2D eigenvalue weighted by molar-refractivity contribution is 7.92. The Labute approximate surface area is 168 Å². The number of halogens is 1. The molecule has 148 valence electrons. The van der Waals surface area contributed by atoms with E-state index in [4.69, 9.17) is 0 Å². The lowest BCUT2D eigenvalue weighted by Gasteiger charge is -2.09. The quantitative estimate of drug-likeness (QED) is 0.479. The number of aryl methyl sites for hydroxylation is 1. The van der Waals surface area contributed by atoms with Crippen molar-refractivity contribution in [2.45, 2.75) is 11.8 Å². The second-order valence-corrected chi connectivity index (χ2v) is 7.93. The number of amides is 1. The molecule has 0 aliphatic heterocycles. The van der Waals surface area contributed by atoms with Crippen LogP contribution in [-0.4, -0.2) is 20.5 Å². The largest absolute Gasteiger partial charge is 0.280 e. The maximum atomic E-state index is 12.8. The van der Waals surface area contributed by atoms with Crippen molar-refractivity contribution in [2.75, 3.05) is 4.72 Å². The molecule has 0 aliphatic rings. The summed E-state index contributed by atoms with van der Waals surface area (Å²) in [7, 11) is -3.71. The summed E-state index contributed by atoms with van der Waals surface area (Å²) in [5, 5.41) is 3.82. The second kappa shape index (κ2) is 8.66. The molecule has 0 spiro atoms. The van der Waals surface area contributed by atoms with Gasteiger partial charge in [-0.05, 0) is 61.0 Å². The van der Waals surface area contributed by atoms with Crippen LogP contribution in [0, 0.1) is 12.7 Å². The first-order valence-corrected chi connectivity index (χ1v) is 10.1. The number of hydrogen-bond donors (Lipinski definition) is 2. The normalized spacial score (nSPS) is 11.4. The molecule has 3 rings (SSSR count). The standard InChI is InChI=1S/C21H18FN3O3S/c1-15-2-12-20(13-3-15)29(27,28)25-19-10-6-17(7-11-19)21(26)24-23-14-16-4-8-18(22)9-5-16/h2-14,25H,1H3,(H,24,26). The summed E-state index contributed by atoms with van der Waals surface area (Å²) in [4.78, 5) is 12.3. The summed E-state index contributed by atoms with van der Waals surface area (Å²) in [5.41, 5.74) is 4.59. The molecule has 0 fully saturated rings. The topological polar surface area (TPSA) is 87.6 Å². The molecule has 0 heterocycles. The average molecular weight is 411 g/mol. The number of hydrogen-bond acceptors (Lipinski definition) is 4. The molecule has 0 saturated carbocycles. The van der Waals surface area contributed by atoms with Crippen LogP contribution in [0.3, 0.4) is 0 Å². The SMILES string of the molecule is Cc1ccc(S(=O)(=O)Nc2ccc(C(=O)NN=Cc3ccc(F)cc3)cc2)cc1. The van der Waals surface area contributed by atoms with E-state index >= 15 is 0 Å². The lowest BCUT2D eigenvalue weighted by atomic mass is 10.2. The number of carbonyl (C=O) groups excluding carboxylic acids is 1. The molecule has 2 N–H and O–H groups in total. The van der Waals surface area contributed by atoms with Gasteiger partial charge in [0.05, 0.1) is 11.1 Å². The molecule has 3 aromatic rings. The minimum absolute atomic E-state index is 0.153. The van der Waals surface area contributed by atoms with Gasteiger partial charge in [-0.1, -0.05) is 29.8 Å². The van der Waals surface area contributed by atoms with Crippen molar-refractivity contribution < 1.29 is 17.6 Å². The van der Waals surface area contributed by atoms with Crippen LogP contribution in [0.1, 0.15) is 21.5 Å². The van der Waals surface area contributed by atoms with Crippen LogP contribution >= 0.6 is 0 Å². The van der Waals surface area contributed by atoms with E-state index in [-0.39, 0.29) is 10.7 Å². The van der Waals surface area contributed by atoms with Gasteiger partial charge in [0.2, 0.25) is 0 Å². The van der Waals surface area contributed by atoms with Crippen molar-refractivity contribution in [1.29, 1.82) is 0 Å². The van der Waals surface area contributed by atoms with Crippen LogP contribution in [0.15, 0.2) is 82.8 Å². The van der Waals surface area contributed by atoms with Crippen LogP contribution in [0.4, 0.5) is 10.1 Å². The number of rotatable bonds is 6.